The lowest BCUT2D eigenvalue weighted by molar-refractivity contribution is -0.142. The molecule has 6 rings (SSSR count). The number of hydrogen-bond donors (Lipinski definition) is 4. The predicted molar refractivity (Wildman–Crippen MR) is 194 cm³/mol. The second kappa shape index (κ2) is 13.7. The Morgan fingerprint density at radius 2 is 1.90 bits per heavy atom. The zero-order valence-electron chi connectivity index (χ0n) is 30.4. The Morgan fingerprint density at radius 3 is 2.58 bits per heavy atom. The summed E-state index contributed by atoms with van der Waals surface area (Å²) in [6.45, 7) is 13.1. The van der Waals surface area contributed by atoms with Gasteiger partial charge in [0.15, 0.2) is 0 Å². The van der Waals surface area contributed by atoms with Crippen LogP contribution < -0.4 is 20.7 Å². The predicted octanol–water partition coefficient (Wildman–Crippen LogP) is 2.84. The van der Waals surface area contributed by atoms with Crippen LogP contribution in [0.15, 0.2) is 43.0 Å². The monoisotopic (exact) mass is 735 g/mol. The number of rotatable bonds is 6. The number of amides is 5. The molecule has 4 aliphatic rings. The summed E-state index contributed by atoms with van der Waals surface area (Å²) in [6, 6.07) is 4.47. The zero-order chi connectivity index (χ0) is 37.6. The van der Waals surface area contributed by atoms with Gasteiger partial charge in [0.05, 0.1) is 11.3 Å². The van der Waals surface area contributed by atoms with Gasteiger partial charge in [-0.25, -0.2) is 13.2 Å². The van der Waals surface area contributed by atoms with Gasteiger partial charge in [-0.3, -0.25) is 19.1 Å². The van der Waals surface area contributed by atoms with Crippen molar-refractivity contribution in [3.63, 3.8) is 0 Å². The van der Waals surface area contributed by atoms with Crippen LogP contribution in [0.1, 0.15) is 91.2 Å². The van der Waals surface area contributed by atoms with Crippen LogP contribution in [-0.4, -0.2) is 92.2 Å². The largest absolute Gasteiger partial charge is 0.339 e. The van der Waals surface area contributed by atoms with Crippen molar-refractivity contribution in [1.29, 1.82) is 0 Å². The van der Waals surface area contributed by atoms with Crippen molar-refractivity contribution in [2.75, 3.05) is 6.54 Å². The molecule has 2 saturated carbocycles. The zero-order valence-corrected chi connectivity index (χ0v) is 31.2. The van der Waals surface area contributed by atoms with Crippen molar-refractivity contribution in [3.8, 4) is 11.4 Å². The summed E-state index contributed by atoms with van der Waals surface area (Å²) in [7, 11) is -3.89. The number of nitrogens with zero attached hydrogens (tertiary/aromatic N) is 5. The van der Waals surface area contributed by atoms with Crippen LogP contribution in [0.5, 0.6) is 0 Å². The van der Waals surface area contributed by atoms with Crippen LogP contribution in [0.3, 0.4) is 0 Å². The normalized spacial score (nSPS) is 28.5. The molecule has 15 nitrogen and oxygen atoms in total. The lowest BCUT2D eigenvalue weighted by Crippen LogP contribution is -2.62. The minimum atomic E-state index is -3.89. The number of nitrogens with one attached hydrogen (secondary N) is 4. The van der Waals surface area contributed by atoms with Gasteiger partial charge in [0.25, 0.3) is 5.91 Å². The fourth-order valence-electron chi connectivity index (χ4n) is 7.00. The van der Waals surface area contributed by atoms with Gasteiger partial charge in [0.1, 0.15) is 17.6 Å². The molecule has 1 aromatic carbocycles. The molecule has 2 aliphatic carbocycles. The summed E-state index contributed by atoms with van der Waals surface area (Å²) in [5, 5.41) is 21.3. The second-order valence-corrected chi connectivity index (χ2v) is 18.2. The number of benzene rings is 1. The van der Waals surface area contributed by atoms with Crippen molar-refractivity contribution in [1.82, 2.24) is 45.8 Å². The molecule has 0 unspecified atom stereocenters. The first-order valence-corrected chi connectivity index (χ1v) is 19.4. The highest BCUT2D eigenvalue weighted by Crippen LogP contribution is 2.46. The van der Waals surface area contributed by atoms with Crippen molar-refractivity contribution < 1.29 is 27.6 Å². The Morgan fingerprint density at radius 1 is 1.15 bits per heavy atom. The number of carbonyl (C=O) groups excluding carboxylic acids is 4. The van der Waals surface area contributed by atoms with Crippen LogP contribution in [0.25, 0.3) is 17.5 Å². The van der Waals surface area contributed by atoms with Crippen LogP contribution in [0.2, 0.25) is 0 Å². The maximum atomic E-state index is 14.6. The highest BCUT2D eigenvalue weighted by Gasteiger charge is 2.62. The molecule has 6 bridgehead atoms. The highest BCUT2D eigenvalue weighted by atomic mass is 32.2. The molecule has 5 atom stereocenters. The van der Waals surface area contributed by atoms with E-state index in [2.05, 4.69) is 48.7 Å². The van der Waals surface area contributed by atoms with E-state index >= 15 is 0 Å². The molecule has 3 heterocycles. The number of allylic oxidation sites excluding steroid dienone is 1. The Bertz CT molecular complexity index is 1900. The maximum absolute atomic E-state index is 14.6. The number of aromatic nitrogens is 4. The van der Waals surface area contributed by atoms with Gasteiger partial charge < -0.3 is 20.9 Å². The van der Waals surface area contributed by atoms with Crippen molar-refractivity contribution >= 4 is 39.9 Å². The molecule has 280 valence electrons. The first kappa shape index (κ1) is 37.2. The standard InChI is InChI=1S/C36H49N9O6S/c1-7-24-20-36(24,32(48)42-52(50,51)26-15-16-26)38-30(46)27-19-25-21-44(27)31(47)28(34(2,3)4)37-33(49)39-35(5,6)17-10-8-9-12-22-13-11-14-23(18-22)29-40-43-45(25)41-29/h7,9,11-14,18,24-28H,1,8,10,15-17,19-21H2,2-6H3,(H,38,46)(H,42,48)(H2,37,39,49)/b12-9+/t24-,25-,27+,28-,36-/m1/s1. The SMILES string of the molecule is C=C[C@@H]1C[C@]1(NC(=O)[C@@H]1C[C@@H]2CN1C(=O)[C@H](C(C)(C)C)NC(=O)NC(C)(C)CCC/C=C/c1cccc(c1)-c1nnn2n1)C(=O)NS(=O)(=O)C1CC1. The number of carbonyl (C=O) groups is 4. The maximum Gasteiger partial charge on any atom is 0.315 e. The second-order valence-electron chi connectivity index (χ2n) is 16.2. The first-order chi connectivity index (χ1) is 24.4. The van der Waals surface area contributed by atoms with Crippen molar-refractivity contribution in [2.45, 2.75) is 114 Å². The molecule has 52 heavy (non-hydrogen) atoms. The number of tetrazole rings is 1. The van der Waals surface area contributed by atoms with E-state index in [9.17, 15) is 27.6 Å². The number of hydrogen-bond acceptors (Lipinski definition) is 9. The molecular weight excluding hydrogens is 687 g/mol. The minimum Gasteiger partial charge on any atom is -0.339 e. The highest BCUT2D eigenvalue weighted by molar-refractivity contribution is 7.91. The summed E-state index contributed by atoms with van der Waals surface area (Å²) in [5.41, 5.74) is -1.17. The molecule has 1 aromatic heterocycles. The van der Waals surface area contributed by atoms with E-state index in [1.54, 1.807) is 0 Å². The van der Waals surface area contributed by atoms with E-state index in [-0.39, 0.29) is 19.4 Å². The number of fused-ring (bicyclic) bond motifs is 8. The van der Waals surface area contributed by atoms with E-state index in [1.807, 2.05) is 65.0 Å². The van der Waals surface area contributed by atoms with Gasteiger partial charge in [-0.05, 0) is 74.6 Å². The fourth-order valence-corrected chi connectivity index (χ4v) is 8.37. The lowest BCUT2D eigenvalue weighted by atomic mass is 9.85. The Balaban J connectivity index is 1.34. The van der Waals surface area contributed by atoms with Gasteiger partial charge in [0, 0.05) is 30.0 Å². The molecule has 0 radical (unpaired) electrons. The molecule has 0 spiro atoms. The van der Waals surface area contributed by atoms with Crippen LogP contribution in [-0.2, 0) is 24.4 Å². The first-order valence-electron chi connectivity index (χ1n) is 17.9. The third-order valence-electron chi connectivity index (χ3n) is 10.3. The van der Waals surface area contributed by atoms with Crippen LogP contribution in [0.4, 0.5) is 4.79 Å². The van der Waals surface area contributed by atoms with E-state index in [1.165, 1.54) is 15.8 Å². The molecule has 4 N–H and O–H groups in total. The average Bonchev–Trinajstić information content (AvgIpc) is 3.94. The molecule has 5 amide bonds. The topological polar surface area (TPSA) is 197 Å². The van der Waals surface area contributed by atoms with Gasteiger partial charge in [0.2, 0.25) is 27.7 Å². The van der Waals surface area contributed by atoms with Gasteiger partial charge in [-0.15, -0.1) is 16.8 Å². The molecular formula is C36H49N9O6S. The lowest BCUT2D eigenvalue weighted by Gasteiger charge is -2.36. The van der Waals surface area contributed by atoms with Crippen LogP contribution >= 0.6 is 0 Å². The average molecular weight is 736 g/mol. The summed E-state index contributed by atoms with van der Waals surface area (Å²) < 4.78 is 27.5. The van der Waals surface area contributed by atoms with Gasteiger partial charge >= 0.3 is 6.03 Å². The van der Waals surface area contributed by atoms with E-state index in [4.69, 9.17) is 0 Å². The molecule has 2 aliphatic heterocycles. The molecule has 16 heteroatoms. The Labute approximate surface area is 304 Å². The summed E-state index contributed by atoms with van der Waals surface area (Å²) in [4.78, 5) is 58.6. The smallest absolute Gasteiger partial charge is 0.315 e. The summed E-state index contributed by atoms with van der Waals surface area (Å²) in [6.07, 6.45) is 9.07. The van der Waals surface area contributed by atoms with Crippen molar-refractivity contribution in [3.05, 3.63) is 48.6 Å². The number of sulfonamides is 1. The minimum absolute atomic E-state index is 0.0109. The summed E-state index contributed by atoms with van der Waals surface area (Å²) in [5.74, 6) is -2.11. The Hall–Kier alpha value is -4.60. The quantitative estimate of drug-likeness (QED) is 0.323. The van der Waals surface area contributed by atoms with Gasteiger partial charge in [-0.1, -0.05) is 57.2 Å². The van der Waals surface area contributed by atoms with Crippen LogP contribution in [0, 0.1) is 11.3 Å². The third-order valence-corrected chi connectivity index (χ3v) is 12.2. The molecule has 3 fully saturated rings. The van der Waals surface area contributed by atoms with E-state index in [0.717, 1.165) is 24.0 Å². The van der Waals surface area contributed by atoms with Crippen molar-refractivity contribution in [2.24, 2.45) is 11.3 Å². The van der Waals surface area contributed by atoms with Gasteiger partial charge in [-0.2, -0.15) is 4.80 Å². The molecule has 1 saturated heterocycles. The summed E-state index contributed by atoms with van der Waals surface area (Å²) >= 11 is 0. The third kappa shape index (κ3) is 7.91. The van der Waals surface area contributed by atoms with E-state index < -0.39 is 79.6 Å². The van der Waals surface area contributed by atoms with E-state index in [0.29, 0.717) is 25.1 Å². The fraction of sp³-hybridized carbons (Fsp3) is 0.583. The number of urea groups is 1. The molecule has 2 aromatic rings. The Kier molecular flexibility index (Phi) is 9.83.